The van der Waals surface area contributed by atoms with Crippen LogP contribution in [0.5, 0.6) is 0 Å². The Balaban J connectivity index is 2.02. The van der Waals surface area contributed by atoms with Gasteiger partial charge in [0.2, 0.25) is 11.5 Å². The molecule has 4 heteroatoms. The van der Waals surface area contributed by atoms with Gasteiger partial charge in [0, 0.05) is 12.8 Å². The summed E-state index contributed by atoms with van der Waals surface area (Å²) in [6.45, 7) is 5.71. The van der Waals surface area contributed by atoms with Crippen molar-refractivity contribution in [1.29, 1.82) is 0 Å². The molecule has 0 radical (unpaired) electrons. The number of unbranched alkanes of at least 4 members (excludes halogenated alkanes) is 5. The Morgan fingerprint density at radius 3 is 2.24 bits per heavy atom. The molecule has 0 aromatic carbocycles. The van der Waals surface area contributed by atoms with Crippen molar-refractivity contribution >= 4 is 11.8 Å². The van der Waals surface area contributed by atoms with Crippen LogP contribution in [-0.2, 0) is 19.1 Å². The van der Waals surface area contributed by atoms with E-state index < -0.39 is 6.10 Å². The molecule has 0 aromatic rings. The molecule has 29 heavy (non-hydrogen) atoms. The Bertz CT molecular complexity index is 610. The van der Waals surface area contributed by atoms with Crippen molar-refractivity contribution in [2.24, 2.45) is 0 Å². The predicted octanol–water partition coefficient (Wildman–Crippen LogP) is 6.73. The van der Waals surface area contributed by atoms with Gasteiger partial charge in [-0.2, -0.15) is 0 Å². The summed E-state index contributed by atoms with van der Waals surface area (Å²) in [7, 11) is 0. The van der Waals surface area contributed by atoms with Gasteiger partial charge in [-0.15, -0.1) is 0 Å². The minimum Gasteiger partial charge on any atom is -0.483 e. The van der Waals surface area contributed by atoms with Crippen molar-refractivity contribution in [3.63, 3.8) is 0 Å². The normalized spacial score (nSPS) is 17.2. The number of allylic oxidation sites excluding steroid dienone is 7. The van der Waals surface area contributed by atoms with Gasteiger partial charge in [0.1, 0.15) is 5.76 Å². The third kappa shape index (κ3) is 10.9. The standard InChI is InChI=1S/C25H38O4/c1-4-6-7-8-9-10-11-12-13-14-15-16-17-18-19-20-23(26)29-25-22(5-2)28-21(3)24(25)27/h6-7,9-10,12-13,21H,4-5,8,11,14-20H2,1-3H3/b7-6-,10-9-,13-12-. The lowest BCUT2D eigenvalue weighted by atomic mass is 10.1. The van der Waals surface area contributed by atoms with Gasteiger partial charge < -0.3 is 9.47 Å². The largest absolute Gasteiger partial charge is 0.483 e. The van der Waals surface area contributed by atoms with Crippen LogP contribution in [0.4, 0.5) is 0 Å². The summed E-state index contributed by atoms with van der Waals surface area (Å²) in [5.74, 6) is 0.0435. The number of Topliss-reactive ketones (excluding diaryl/α,β-unsaturated/α-hetero) is 1. The molecule has 1 unspecified atom stereocenters. The van der Waals surface area contributed by atoms with Crippen LogP contribution in [0.2, 0.25) is 0 Å². The van der Waals surface area contributed by atoms with Gasteiger partial charge in [-0.25, -0.2) is 0 Å². The second kappa shape index (κ2) is 15.8. The maximum atomic E-state index is 12.0. The highest BCUT2D eigenvalue weighted by atomic mass is 16.6. The summed E-state index contributed by atoms with van der Waals surface area (Å²) < 4.78 is 10.7. The smallest absolute Gasteiger partial charge is 0.311 e. The van der Waals surface area contributed by atoms with Crippen LogP contribution in [0.15, 0.2) is 48.0 Å². The van der Waals surface area contributed by atoms with Crippen molar-refractivity contribution in [3.05, 3.63) is 48.0 Å². The molecule has 0 spiro atoms. The minimum atomic E-state index is -0.541. The molecule has 0 bridgehead atoms. The number of esters is 1. The average Bonchev–Trinajstić information content (AvgIpc) is 2.98. The van der Waals surface area contributed by atoms with Gasteiger partial charge in [0.05, 0.1) is 0 Å². The molecule has 162 valence electrons. The number of hydrogen-bond acceptors (Lipinski definition) is 4. The van der Waals surface area contributed by atoms with E-state index in [2.05, 4.69) is 43.4 Å². The van der Waals surface area contributed by atoms with E-state index in [1.54, 1.807) is 6.92 Å². The maximum Gasteiger partial charge on any atom is 0.311 e. The first-order chi connectivity index (χ1) is 14.1. The third-order valence-corrected chi connectivity index (χ3v) is 4.73. The Kier molecular flexibility index (Phi) is 13.6. The molecule has 0 aromatic heterocycles. The Hall–Kier alpha value is -2.10. The molecule has 0 fully saturated rings. The summed E-state index contributed by atoms with van der Waals surface area (Å²) in [5.41, 5.74) is 0. The van der Waals surface area contributed by atoms with E-state index in [0.29, 0.717) is 18.6 Å². The van der Waals surface area contributed by atoms with Crippen LogP contribution in [0, 0.1) is 0 Å². The Labute approximate surface area is 176 Å². The van der Waals surface area contributed by atoms with Crippen LogP contribution in [0.1, 0.15) is 91.4 Å². The molecular weight excluding hydrogens is 364 g/mol. The zero-order valence-electron chi connectivity index (χ0n) is 18.5. The number of rotatable bonds is 15. The minimum absolute atomic E-state index is 0.115. The van der Waals surface area contributed by atoms with Gasteiger partial charge in [0.15, 0.2) is 6.10 Å². The highest BCUT2D eigenvalue weighted by Crippen LogP contribution is 2.25. The number of hydrogen-bond donors (Lipinski definition) is 0. The van der Waals surface area contributed by atoms with E-state index in [1.165, 1.54) is 12.8 Å². The van der Waals surface area contributed by atoms with Gasteiger partial charge >= 0.3 is 5.97 Å². The summed E-state index contributed by atoms with van der Waals surface area (Å²) in [4.78, 5) is 23.9. The maximum absolute atomic E-state index is 12.0. The van der Waals surface area contributed by atoms with Crippen LogP contribution in [-0.4, -0.2) is 17.9 Å². The van der Waals surface area contributed by atoms with E-state index in [1.807, 2.05) is 6.92 Å². The second-order valence-corrected chi connectivity index (χ2v) is 7.30. The molecule has 0 saturated carbocycles. The van der Waals surface area contributed by atoms with Gasteiger partial charge in [-0.1, -0.05) is 69.6 Å². The fourth-order valence-corrected chi connectivity index (χ4v) is 3.05. The topological polar surface area (TPSA) is 52.6 Å². The molecule has 1 aliphatic heterocycles. The summed E-state index contributed by atoms with van der Waals surface area (Å²) in [6.07, 6.45) is 23.2. The van der Waals surface area contributed by atoms with Crippen LogP contribution < -0.4 is 0 Å². The third-order valence-electron chi connectivity index (χ3n) is 4.73. The van der Waals surface area contributed by atoms with Gasteiger partial charge in [0.25, 0.3) is 0 Å². The zero-order valence-corrected chi connectivity index (χ0v) is 18.5. The lowest BCUT2D eigenvalue weighted by Crippen LogP contribution is -2.16. The predicted molar refractivity (Wildman–Crippen MR) is 118 cm³/mol. The summed E-state index contributed by atoms with van der Waals surface area (Å²) in [5, 5.41) is 0. The van der Waals surface area contributed by atoms with Crippen molar-refractivity contribution < 1.29 is 19.1 Å². The lowest BCUT2D eigenvalue weighted by molar-refractivity contribution is -0.142. The molecule has 0 saturated heterocycles. The lowest BCUT2D eigenvalue weighted by Gasteiger charge is -2.05. The van der Waals surface area contributed by atoms with Crippen LogP contribution in [0.3, 0.4) is 0 Å². The van der Waals surface area contributed by atoms with Crippen LogP contribution >= 0.6 is 0 Å². The Morgan fingerprint density at radius 2 is 1.55 bits per heavy atom. The SMILES string of the molecule is CC/C=C\C/C=C\C/C=C\CCCCCCCC(=O)OC1=C(CC)OC(C)C1=O. The van der Waals surface area contributed by atoms with Gasteiger partial charge in [-0.3, -0.25) is 9.59 Å². The van der Waals surface area contributed by atoms with E-state index in [0.717, 1.165) is 44.9 Å². The second-order valence-electron chi connectivity index (χ2n) is 7.30. The summed E-state index contributed by atoms with van der Waals surface area (Å²) >= 11 is 0. The molecule has 1 aliphatic rings. The van der Waals surface area contributed by atoms with E-state index >= 15 is 0 Å². The monoisotopic (exact) mass is 402 g/mol. The number of ether oxygens (including phenoxy) is 2. The van der Waals surface area contributed by atoms with Crippen LogP contribution in [0.25, 0.3) is 0 Å². The Morgan fingerprint density at radius 1 is 0.931 bits per heavy atom. The number of carbonyl (C=O) groups excluding carboxylic acids is 2. The highest BCUT2D eigenvalue weighted by Gasteiger charge is 2.33. The molecule has 1 rings (SSSR count). The van der Waals surface area contributed by atoms with E-state index in [9.17, 15) is 9.59 Å². The quantitative estimate of drug-likeness (QED) is 0.173. The van der Waals surface area contributed by atoms with Crippen molar-refractivity contribution in [1.82, 2.24) is 0 Å². The first-order valence-corrected chi connectivity index (χ1v) is 11.2. The highest BCUT2D eigenvalue weighted by molar-refractivity contribution is 6.00. The number of ketones is 1. The molecule has 1 heterocycles. The van der Waals surface area contributed by atoms with Crippen molar-refractivity contribution in [3.8, 4) is 0 Å². The van der Waals surface area contributed by atoms with E-state index in [4.69, 9.17) is 9.47 Å². The number of carbonyl (C=O) groups is 2. The molecular formula is C25H38O4. The van der Waals surface area contributed by atoms with Crippen molar-refractivity contribution in [2.75, 3.05) is 0 Å². The first-order valence-electron chi connectivity index (χ1n) is 11.2. The molecule has 1 atom stereocenters. The molecule has 0 N–H and O–H groups in total. The van der Waals surface area contributed by atoms with Gasteiger partial charge in [-0.05, 0) is 45.4 Å². The molecule has 0 aliphatic carbocycles. The van der Waals surface area contributed by atoms with E-state index in [-0.39, 0.29) is 17.5 Å². The fourth-order valence-electron chi connectivity index (χ4n) is 3.05. The fraction of sp³-hybridized carbons (Fsp3) is 0.600. The zero-order chi connectivity index (χ0) is 21.3. The first kappa shape index (κ1) is 24.9. The van der Waals surface area contributed by atoms with Crippen molar-refractivity contribution in [2.45, 2.75) is 97.5 Å². The molecule has 4 nitrogen and oxygen atoms in total. The summed E-state index contributed by atoms with van der Waals surface area (Å²) in [6, 6.07) is 0. The average molecular weight is 403 g/mol. The molecule has 0 amide bonds.